The molecule has 0 bridgehead atoms. The van der Waals surface area contributed by atoms with Crippen LogP contribution in [0.1, 0.15) is 70.6 Å². The third-order valence-electron chi connectivity index (χ3n) is 8.03. The fourth-order valence-corrected chi connectivity index (χ4v) is 5.85. The number of rotatable bonds is 4. The molecule has 0 N–H and O–H groups in total. The lowest BCUT2D eigenvalue weighted by Crippen LogP contribution is -2.48. The average Bonchev–Trinajstić information content (AvgIpc) is 2.89. The molecule has 0 atom stereocenters. The molecule has 0 aromatic rings. The SMILES string of the molecule is O=C(CC(=O)N1CCC(C(=O)N2CCCCC2)CC1)N1CCC(C(=O)N2CCCCC2)CC1. The van der Waals surface area contributed by atoms with E-state index in [0.717, 1.165) is 51.9 Å². The lowest BCUT2D eigenvalue weighted by atomic mass is 9.93. The van der Waals surface area contributed by atoms with E-state index in [1.807, 2.05) is 9.80 Å². The van der Waals surface area contributed by atoms with Crippen molar-refractivity contribution in [3.05, 3.63) is 0 Å². The number of piperidine rings is 4. The molecule has 4 rings (SSSR count). The van der Waals surface area contributed by atoms with E-state index in [0.29, 0.717) is 51.9 Å². The van der Waals surface area contributed by atoms with E-state index in [4.69, 9.17) is 0 Å². The van der Waals surface area contributed by atoms with Crippen LogP contribution < -0.4 is 0 Å². The molecule has 4 heterocycles. The van der Waals surface area contributed by atoms with Crippen LogP contribution in [0.3, 0.4) is 0 Å². The molecule has 8 nitrogen and oxygen atoms in total. The van der Waals surface area contributed by atoms with Crippen LogP contribution in [0.5, 0.6) is 0 Å². The highest BCUT2D eigenvalue weighted by atomic mass is 16.2. The lowest BCUT2D eigenvalue weighted by molar-refractivity contribution is -0.146. The zero-order chi connectivity index (χ0) is 23.2. The van der Waals surface area contributed by atoms with E-state index in [1.54, 1.807) is 9.80 Å². The molecule has 4 aliphatic rings. The van der Waals surface area contributed by atoms with E-state index in [1.165, 1.54) is 12.8 Å². The van der Waals surface area contributed by atoms with Crippen LogP contribution in [0.15, 0.2) is 0 Å². The van der Waals surface area contributed by atoms with Crippen molar-refractivity contribution < 1.29 is 19.2 Å². The Morgan fingerprint density at radius 1 is 0.455 bits per heavy atom. The van der Waals surface area contributed by atoms with Gasteiger partial charge in [-0.05, 0) is 64.2 Å². The van der Waals surface area contributed by atoms with Crippen molar-refractivity contribution in [1.29, 1.82) is 0 Å². The lowest BCUT2D eigenvalue weighted by Gasteiger charge is -2.37. The summed E-state index contributed by atoms with van der Waals surface area (Å²) in [7, 11) is 0. The first kappa shape index (κ1) is 24.0. The zero-order valence-electron chi connectivity index (χ0n) is 20.0. The molecule has 4 aliphatic heterocycles. The van der Waals surface area contributed by atoms with Crippen LogP contribution in [0.2, 0.25) is 0 Å². The van der Waals surface area contributed by atoms with Gasteiger partial charge in [-0.3, -0.25) is 19.2 Å². The van der Waals surface area contributed by atoms with Gasteiger partial charge in [0.05, 0.1) is 0 Å². The second-order valence-corrected chi connectivity index (χ2v) is 10.3. The maximum Gasteiger partial charge on any atom is 0.232 e. The molecular formula is C25H40N4O4. The summed E-state index contributed by atoms with van der Waals surface area (Å²) in [6, 6.07) is 0. The molecule has 0 unspecified atom stereocenters. The van der Waals surface area contributed by atoms with Crippen molar-refractivity contribution >= 4 is 23.6 Å². The van der Waals surface area contributed by atoms with Crippen molar-refractivity contribution in [1.82, 2.24) is 19.6 Å². The minimum atomic E-state index is -0.129. The maximum absolute atomic E-state index is 12.7. The van der Waals surface area contributed by atoms with Gasteiger partial charge in [-0.1, -0.05) is 0 Å². The number of carbonyl (C=O) groups excluding carboxylic acids is 4. The molecule has 4 saturated heterocycles. The highest BCUT2D eigenvalue weighted by molar-refractivity contribution is 5.97. The van der Waals surface area contributed by atoms with Gasteiger partial charge < -0.3 is 19.6 Å². The minimum absolute atomic E-state index is 0.0133. The Morgan fingerprint density at radius 2 is 0.788 bits per heavy atom. The third-order valence-corrected chi connectivity index (χ3v) is 8.03. The van der Waals surface area contributed by atoms with Crippen LogP contribution in [-0.2, 0) is 19.2 Å². The second-order valence-electron chi connectivity index (χ2n) is 10.3. The molecule has 0 aromatic carbocycles. The van der Waals surface area contributed by atoms with Gasteiger partial charge in [0.15, 0.2) is 0 Å². The van der Waals surface area contributed by atoms with Crippen LogP contribution in [-0.4, -0.2) is 95.6 Å². The van der Waals surface area contributed by atoms with Crippen molar-refractivity contribution in [3.63, 3.8) is 0 Å². The van der Waals surface area contributed by atoms with E-state index >= 15 is 0 Å². The molecular weight excluding hydrogens is 420 g/mol. The second kappa shape index (κ2) is 11.3. The first-order valence-corrected chi connectivity index (χ1v) is 13.2. The molecule has 184 valence electrons. The smallest absolute Gasteiger partial charge is 0.232 e. The summed E-state index contributed by atoms with van der Waals surface area (Å²) in [5.74, 6) is 0.268. The average molecular weight is 461 g/mol. The Hall–Kier alpha value is -2.12. The van der Waals surface area contributed by atoms with Crippen molar-refractivity contribution in [2.24, 2.45) is 11.8 Å². The number of nitrogens with zero attached hydrogens (tertiary/aromatic N) is 4. The Kier molecular flexibility index (Phi) is 8.25. The van der Waals surface area contributed by atoms with Gasteiger partial charge in [-0.15, -0.1) is 0 Å². The largest absolute Gasteiger partial charge is 0.342 e. The number of likely N-dealkylation sites (tertiary alicyclic amines) is 4. The predicted octanol–water partition coefficient (Wildman–Crippen LogP) is 1.88. The van der Waals surface area contributed by atoms with Crippen molar-refractivity contribution in [3.8, 4) is 0 Å². The molecule has 0 spiro atoms. The van der Waals surface area contributed by atoms with Crippen LogP contribution in [0, 0.1) is 11.8 Å². The highest BCUT2D eigenvalue weighted by Gasteiger charge is 2.34. The van der Waals surface area contributed by atoms with Crippen LogP contribution >= 0.6 is 0 Å². The van der Waals surface area contributed by atoms with Gasteiger partial charge in [0.2, 0.25) is 23.6 Å². The molecule has 0 saturated carbocycles. The normalized spacial score (nSPS) is 23.5. The molecule has 0 aliphatic carbocycles. The van der Waals surface area contributed by atoms with E-state index in [9.17, 15) is 19.2 Å². The molecule has 0 radical (unpaired) electrons. The standard InChI is InChI=1S/C25H40N4O4/c30-22(26-15-7-20(8-16-26)24(32)28-11-3-1-4-12-28)19-23(31)27-17-9-21(10-18-27)25(33)29-13-5-2-6-14-29/h20-21H,1-19H2. The van der Waals surface area contributed by atoms with Gasteiger partial charge in [0.1, 0.15) is 6.42 Å². The van der Waals surface area contributed by atoms with E-state index in [2.05, 4.69) is 0 Å². The first-order valence-electron chi connectivity index (χ1n) is 13.2. The summed E-state index contributed by atoms with van der Waals surface area (Å²) in [6.45, 7) is 5.70. The fraction of sp³-hybridized carbons (Fsp3) is 0.840. The van der Waals surface area contributed by atoms with Crippen molar-refractivity contribution in [2.75, 3.05) is 52.4 Å². The van der Waals surface area contributed by atoms with Gasteiger partial charge in [-0.25, -0.2) is 0 Å². The third kappa shape index (κ3) is 6.07. The summed E-state index contributed by atoms with van der Waals surface area (Å²) in [5.41, 5.74) is 0. The number of hydrogen-bond donors (Lipinski definition) is 0. The summed E-state index contributed by atoms with van der Waals surface area (Å²) < 4.78 is 0. The first-order chi connectivity index (χ1) is 16.0. The van der Waals surface area contributed by atoms with Gasteiger partial charge in [-0.2, -0.15) is 0 Å². The quantitative estimate of drug-likeness (QED) is 0.600. The number of amides is 4. The Bertz CT molecular complexity index is 654. The summed E-state index contributed by atoms with van der Waals surface area (Å²) in [6.07, 6.45) is 9.45. The van der Waals surface area contributed by atoms with Crippen LogP contribution in [0.4, 0.5) is 0 Å². The zero-order valence-corrected chi connectivity index (χ0v) is 20.0. The molecule has 4 fully saturated rings. The number of carbonyl (C=O) groups is 4. The molecule has 33 heavy (non-hydrogen) atoms. The number of hydrogen-bond acceptors (Lipinski definition) is 4. The van der Waals surface area contributed by atoms with Crippen molar-refractivity contribution in [2.45, 2.75) is 70.6 Å². The summed E-state index contributed by atoms with van der Waals surface area (Å²) >= 11 is 0. The summed E-state index contributed by atoms with van der Waals surface area (Å²) in [4.78, 5) is 58.4. The Balaban J connectivity index is 1.17. The van der Waals surface area contributed by atoms with Gasteiger partial charge in [0, 0.05) is 64.2 Å². The Labute approximate surface area is 197 Å². The Morgan fingerprint density at radius 3 is 1.12 bits per heavy atom. The maximum atomic E-state index is 12.7. The van der Waals surface area contributed by atoms with Gasteiger partial charge in [0.25, 0.3) is 0 Å². The molecule has 0 aromatic heterocycles. The highest BCUT2D eigenvalue weighted by Crippen LogP contribution is 2.24. The molecule has 4 amide bonds. The fourth-order valence-electron chi connectivity index (χ4n) is 5.85. The summed E-state index contributed by atoms with van der Waals surface area (Å²) in [5, 5.41) is 0. The van der Waals surface area contributed by atoms with E-state index in [-0.39, 0.29) is 41.9 Å². The minimum Gasteiger partial charge on any atom is -0.342 e. The van der Waals surface area contributed by atoms with Crippen LogP contribution in [0.25, 0.3) is 0 Å². The molecule has 8 heteroatoms. The topological polar surface area (TPSA) is 81.2 Å². The van der Waals surface area contributed by atoms with Gasteiger partial charge >= 0.3 is 0 Å². The predicted molar refractivity (Wildman–Crippen MR) is 124 cm³/mol. The van der Waals surface area contributed by atoms with E-state index < -0.39 is 0 Å². The monoisotopic (exact) mass is 460 g/mol.